The number of nitrogens with one attached hydrogen (secondary N) is 2. The van der Waals surface area contributed by atoms with Gasteiger partial charge in [-0.15, -0.1) is 11.3 Å². The first-order valence-corrected chi connectivity index (χ1v) is 11.7. The number of thiophene rings is 1. The molecule has 2 heterocycles. The molecule has 0 aliphatic carbocycles. The first kappa shape index (κ1) is 22.6. The second-order valence-electron chi connectivity index (χ2n) is 7.66. The lowest BCUT2D eigenvalue weighted by atomic mass is 9.96. The van der Waals surface area contributed by atoms with Crippen LogP contribution in [0.2, 0.25) is 0 Å². The van der Waals surface area contributed by atoms with Gasteiger partial charge in [-0.3, -0.25) is 9.78 Å². The van der Waals surface area contributed by atoms with E-state index in [1.54, 1.807) is 23.7 Å². The standard InChI is InChI=1S/C27H27N3O2S/c1-4-32-23-12-10-22(11-13-23)29-25(20-14-16-28-17-15-20)24-18(2)19(3)33-27(24)30-26(31)21-8-6-5-7-9-21/h5-17,25,29H,4H2,1-3H3,(H,30,31). The summed E-state index contributed by atoms with van der Waals surface area (Å²) in [6.45, 7) is 6.79. The van der Waals surface area contributed by atoms with E-state index in [-0.39, 0.29) is 11.9 Å². The quantitative estimate of drug-likeness (QED) is 0.312. The summed E-state index contributed by atoms with van der Waals surface area (Å²) in [7, 11) is 0. The molecule has 5 nitrogen and oxygen atoms in total. The fraction of sp³-hybridized carbons (Fsp3) is 0.185. The van der Waals surface area contributed by atoms with Gasteiger partial charge in [0.2, 0.25) is 0 Å². The maximum Gasteiger partial charge on any atom is 0.256 e. The lowest BCUT2D eigenvalue weighted by molar-refractivity contribution is 0.102. The van der Waals surface area contributed by atoms with E-state index in [1.165, 1.54) is 4.88 Å². The molecule has 0 radical (unpaired) electrons. The average Bonchev–Trinajstić information content (AvgIpc) is 3.12. The Balaban J connectivity index is 1.72. The smallest absolute Gasteiger partial charge is 0.256 e. The summed E-state index contributed by atoms with van der Waals surface area (Å²) in [5, 5.41) is 7.66. The molecule has 4 rings (SSSR count). The molecular formula is C27H27N3O2S. The maximum absolute atomic E-state index is 13.0. The van der Waals surface area contributed by atoms with Crippen LogP contribution in [-0.2, 0) is 0 Å². The number of aromatic nitrogens is 1. The fourth-order valence-electron chi connectivity index (χ4n) is 3.71. The highest BCUT2D eigenvalue weighted by atomic mass is 32.1. The highest BCUT2D eigenvalue weighted by molar-refractivity contribution is 7.16. The number of pyridine rings is 1. The van der Waals surface area contributed by atoms with Crippen molar-refractivity contribution >= 4 is 27.9 Å². The van der Waals surface area contributed by atoms with Crippen molar-refractivity contribution in [3.8, 4) is 5.75 Å². The number of nitrogens with zero attached hydrogens (tertiary/aromatic N) is 1. The van der Waals surface area contributed by atoms with Gasteiger partial charge in [-0.25, -0.2) is 0 Å². The zero-order valence-corrected chi connectivity index (χ0v) is 19.8. The summed E-state index contributed by atoms with van der Waals surface area (Å²) in [5.41, 5.74) is 4.87. The third-order valence-corrected chi connectivity index (χ3v) is 6.64. The summed E-state index contributed by atoms with van der Waals surface area (Å²) in [6.07, 6.45) is 3.58. The van der Waals surface area contributed by atoms with Crippen molar-refractivity contribution in [2.24, 2.45) is 0 Å². The number of anilines is 2. The zero-order chi connectivity index (χ0) is 23.2. The van der Waals surface area contributed by atoms with Crippen LogP contribution in [0.4, 0.5) is 10.7 Å². The molecule has 4 aromatic rings. The fourth-order valence-corrected chi connectivity index (χ4v) is 4.80. The molecule has 2 aromatic heterocycles. The number of hydrogen-bond acceptors (Lipinski definition) is 5. The van der Waals surface area contributed by atoms with Gasteiger partial charge in [0, 0.05) is 34.1 Å². The molecule has 1 amide bonds. The van der Waals surface area contributed by atoms with Crippen LogP contribution >= 0.6 is 11.3 Å². The van der Waals surface area contributed by atoms with E-state index >= 15 is 0 Å². The average molecular weight is 458 g/mol. The minimum atomic E-state index is -0.165. The van der Waals surface area contributed by atoms with Crippen LogP contribution in [-0.4, -0.2) is 17.5 Å². The van der Waals surface area contributed by atoms with Crippen molar-refractivity contribution in [2.45, 2.75) is 26.8 Å². The molecule has 1 unspecified atom stereocenters. The molecule has 1 atom stereocenters. The van der Waals surface area contributed by atoms with E-state index in [4.69, 9.17) is 4.74 Å². The minimum Gasteiger partial charge on any atom is -0.494 e. The lowest BCUT2D eigenvalue weighted by Gasteiger charge is -2.23. The highest BCUT2D eigenvalue weighted by Crippen LogP contribution is 2.41. The summed E-state index contributed by atoms with van der Waals surface area (Å²) in [6, 6.07) is 21.1. The van der Waals surface area contributed by atoms with E-state index in [9.17, 15) is 4.79 Å². The number of hydrogen-bond donors (Lipinski definition) is 2. The predicted molar refractivity (Wildman–Crippen MR) is 136 cm³/mol. The van der Waals surface area contributed by atoms with Crippen LogP contribution < -0.4 is 15.4 Å². The Morgan fingerprint density at radius 2 is 1.70 bits per heavy atom. The number of carbonyl (C=O) groups is 1. The van der Waals surface area contributed by atoms with Gasteiger partial charge < -0.3 is 15.4 Å². The van der Waals surface area contributed by atoms with Crippen LogP contribution in [0.15, 0.2) is 79.1 Å². The van der Waals surface area contributed by atoms with Gasteiger partial charge in [-0.2, -0.15) is 0 Å². The first-order chi connectivity index (χ1) is 16.1. The molecule has 0 fully saturated rings. The molecule has 0 saturated carbocycles. The van der Waals surface area contributed by atoms with Crippen molar-refractivity contribution in [2.75, 3.05) is 17.2 Å². The number of benzene rings is 2. The minimum absolute atomic E-state index is 0.118. The second kappa shape index (κ2) is 10.3. The molecule has 2 aromatic carbocycles. The molecule has 168 valence electrons. The predicted octanol–water partition coefficient (Wildman–Crippen LogP) is 6.61. The van der Waals surface area contributed by atoms with E-state index in [1.807, 2.05) is 73.7 Å². The molecule has 0 saturated heterocycles. The number of ether oxygens (including phenoxy) is 1. The topological polar surface area (TPSA) is 63.2 Å². The molecule has 0 aliphatic rings. The molecule has 0 spiro atoms. The Labute approximate surface area is 198 Å². The Kier molecular flexibility index (Phi) is 7.05. The van der Waals surface area contributed by atoms with Crippen molar-refractivity contribution < 1.29 is 9.53 Å². The van der Waals surface area contributed by atoms with Crippen molar-refractivity contribution in [1.29, 1.82) is 0 Å². The summed E-state index contributed by atoms with van der Waals surface area (Å²) < 4.78 is 5.58. The van der Waals surface area contributed by atoms with Gasteiger partial charge in [0.25, 0.3) is 5.91 Å². The normalized spacial score (nSPS) is 11.6. The highest BCUT2D eigenvalue weighted by Gasteiger charge is 2.25. The maximum atomic E-state index is 13.0. The zero-order valence-electron chi connectivity index (χ0n) is 19.0. The summed E-state index contributed by atoms with van der Waals surface area (Å²) >= 11 is 1.60. The molecule has 33 heavy (non-hydrogen) atoms. The molecule has 2 N–H and O–H groups in total. The molecule has 0 bridgehead atoms. The van der Waals surface area contributed by atoms with Crippen molar-refractivity contribution in [1.82, 2.24) is 4.98 Å². The van der Waals surface area contributed by atoms with E-state index in [0.717, 1.165) is 33.1 Å². The van der Waals surface area contributed by atoms with Crippen molar-refractivity contribution in [3.05, 3.63) is 106 Å². The monoisotopic (exact) mass is 457 g/mol. The largest absolute Gasteiger partial charge is 0.494 e. The second-order valence-corrected chi connectivity index (χ2v) is 8.89. The van der Waals surface area contributed by atoms with Gasteiger partial charge in [0.05, 0.1) is 12.6 Å². The van der Waals surface area contributed by atoms with Gasteiger partial charge in [0.15, 0.2) is 0 Å². The Morgan fingerprint density at radius 3 is 2.36 bits per heavy atom. The lowest BCUT2D eigenvalue weighted by Crippen LogP contribution is -2.17. The third-order valence-electron chi connectivity index (χ3n) is 5.50. The SMILES string of the molecule is CCOc1ccc(NC(c2ccncc2)c2c(NC(=O)c3ccccc3)sc(C)c2C)cc1. The van der Waals surface area contributed by atoms with Crippen LogP contribution in [0.3, 0.4) is 0 Å². The number of carbonyl (C=O) groups excluding carboxylic acids is 1. The Bertz CT molecular complexity index is 1210. The third kappa shape index (κ3) is 5.23. The van der Waals surface area contributed by atoms with Crippen LogP contribution in [0, 0.1) is 13.8 Å². The van der Waals surface area contributed by atoms with Gasteiger partial charge >= 0.3 is 0 Å². The van der Waals surface area contributed by atoms with Crippen LogP contribution in [0.5, 0.6) is 5.75 Å². The van der Waals surface area contributed by atoms with E-state index in [0.29, 0.717) is 12.2 Å². The Morgan fingerprint density at radius 1 is 1.00 bits per heavy atom. The van der Waals surface area contributed by atoms with Gasteiger partial charge in [-0.05, 0) is 80.4 Å². The summed E-state index contributed by atoms with van der Waals surface area (Å²) in [5.74, 6) is 0.717. The first-order valence-electron chi connectivity index (χ1n) is 10.9. The summed E-state index contributed by atoms with van der Waals surface area (Å²) in [4.78, 5) is 18.3. The Hall–Kier alpha value is -3.64. The number of rotatable bonds is 8. The van der Waals surface area contributed by atoms with Crippen molar-refractivity contribution in [3.63, 3.8) is 0 Å². The van der Waals surface area contributed by atoms with Gasteiger partial charge in [0.1, 0.15) is 10.8 Å². The number of aryl methyl sites for hydroxylation is 1. The van der Waals surface area contributed by atoms with Crippen LogP contribution in [0.1, 0.15) is 44.9 Å². The molecule has 0 aliphatic heterocycles. The van der Waals surface area contributed by atoms with E-state index < -0.39 is 0 Å². The molecule has 6 heteroatoms. The van der Waals surface area contributed by atoms with E-state index in [2.05, 4.69) is 29.5 Å². The van der Waals surface area contributed by atoms with Crippen LogP contribution in [0.25, 0.3) is 0 Å². The number of amides is 1. The molecular weight excluding hydrogens is 430 g/mol. The van der Waals surface area contributed by atoms with Gasteiger partial charge in [-0.1, -0.05) is 18.2 Å².